The van der Waals surface area contributed by atoms with E-state index in [2.05, 4.69) is 5.43 Å². The Balaban J connectivity index is 1.77. The van der Waals surface area contributed by atoms with Crippen LogP contribution in [-0.4, -0.2) is 25.0 Å². The highest BCUT2D eigenvalue weighted by Gasteiger charge is 2.59. The van der Waals surface area contributed by atoms with Gasteiger partial charge >= 0.3 is 0 Å². The fourth-order valence-corrected chi connectivity index (χ4v) is 1.78. The summed E-state index contributed by atoms with van der Waals surface area (Å²) in [5.41, 5.74) is 2.56. The van der Waals surface area contributed by atoms with Gasteiger partial charge in [0.25, 0.3) is 5.17 Å². The standard InChI is InChI=1S/C7H12N2O2S/c8-9-6(12)11-4-7-1-5(7)2-10-3-7/h5H,1-4,8H2,(H,9,12). The summed E-state index contributed by atoms with van der Waals surface area (Å²) in [5, 5.41) is 0.266. The Labute approximate surface area is 76.4 Å². The van der Waals surface area contributed by atoms with Crippen molar-refractivity contribution >= 4 is 17.4 Å². The van der Waals surface area contributed by atoms with Crippen molar-refractivity contribution in [1.29, 1.82) is 0 Å². The molecule has 2 rings (SSSR count). The monoisotopic (exact) mass is 188 g/mol. The van der Waals surface area contributed by atoms with Gasteiger partial charge in [0.05, 0.1) is 19.8 Å². The predicted octanol–water partition coefficient (Wildman–Crippen LogP) is -0.212. The van der Waals surface area contributed by atoms with E-state index in [-0.39, 0.29) is 10.6 Å². The summed E-state index contributed by atoms with van der Waals surface area (Å²) < 4.78 is 10.5. The van der Waals surface area contributed by atoms with Gasteiger partial charge in [0.15, 0.2) is 0 Å². The second kappa shape index (κ2) is 2.83. The van der Waals surface area contributed by atoms with E-state index in [0.717, 1.165) is 13.2 Å². The lowest BCUT2D eigenvalue weighted by Gasteiger charge is -2.12. The molecule has 0 aromatic carbocycles. The SMILES string of the molecule is NNC(=S)OCC12COCC1C2. The number of nitrogens with two attached hydrogens (primary N) is 1. The zero-order valence-electron chi connectivity index (χ0n) is 6.71. The summed E-state index contributed by atoms with van der Waals surface area (Å²) in [6.07, 6.45) is 1.21. The van der Waals surface area contributed by atoms with E-state index in [9.17, 15) is 0 Å². The van der Waals surface area contributed by atoms with Gasteiger partial charge in [-0.3, -0.25) is 5.43 Å². The fourth-order valence-electron chi connectivity index (χ4n) is 1.72. The van der Waals surface area contributed by atoms with Crippen LogP contribution in [0.15, 0.2) is 0 Å². The van der Waals surface area contributed by atoms with Crippen molar-refractivity contribution in [3.63, 3.8) is 0 Å². The van der Waals surface area contributed by atoms with Crippen LogP contribution >= 0.6 is 12.2 Å². The van der Waals surface area contributed by atoms with Crippen molar-refractivity contribution in [2.45, 2.75) is 6.42 Å². The van der Waals surface area contributed by atoms with Gasteiger partial charge in [0.2, 0.25) is 0 Å². The molecule has 12 heavy (non-hydrogen) atoms. The zero-order valence-corrected chi connectivity index (χ0v) is 7.52. The number of thiocarbonyl (C=S) groups is 1. The maximum atomic E-state index is 5.30. The first-order valence-electron chi connectivity index (χ1n) is 3.98. The molecule has 0 amide bonds. The molecule has 2 aliphatic rings. The van der Waals surface area contributed by atoms with Crippen molar-refractivity contribution < 1.29 is 9.47 Å². The maximum Gasteiger partial charge on any atom is 0.271 e. The van der Waals surface area contributed by atoms with Crippen molar-refractivity contribution in [1.82, 2.24) is 5.43 Å². The average Bonchev–Trinajstić information content (AvgIpc) is 2.65. The van der Waals surface area contributed by atoms with Gasteiger partial charge in [0.1, 0.15) is 0 Å². The van der Waals surface area contributed by atoms with E-state index in [1.807, 2.05) is 0 Å². The van der Waals surface area contributed by atoms with Crippen molar-refractivity contribution in [2.75, 3.05) is 19.8 Å². The molecule has 0 spiro atoms. The Morgan fingerprint density at radius 3 is 3.17 bits per heavy atom. The first-order chi connectivity index (χ1) is 5.77. The van der Waals surface area contributed by atoms with Crippen LogP contribution < -0.4 is 11.3 Å². The van der Waals surface area contributed by atoms with Crippen LogP contribution in [0.3, 0.4) is 0 Å². The Hall–Kier alpha value is -0.390. The molecule has 2 atom stereocenters. The highest BCUT2D eigenvalue weighted by molar-refractivity contribution is 7.80. The second-order valence-corrected chi connectivity index (χ2v) is 3.87. The van der Waals surface area contributed by atoms with E-state index in [0.29, 0.717) is 12.5 Å². The van der Waals surface area contributed by atoms with Gasteiger partial charge in [-0.1, -0.05) is 0 Å². The van der Waals surface area contributed by atoms with Gasteiger partial charge in [0, 0.05) is 5.41 Å². The molecule has 0 bridgehead atoms. The summed E-state index contributed by atoms with van der Waals surface area (Å²) >= 11 is 4.76. The van der Waals surface area contributed by atoms with E-state index < -0.39 is 0 Å². The third-order valence-corrected chi connectivity index (χ3v) is 2.91. The first-order valence-corrected chi connectivity index (χ1v) is 4.39. The summed E-state index contributed by atoms with van der Waals surface area (Å²) in [4.78, 5) is 0. The molecule has 2 fully saturated rings. The van der Waals surface area contributed by atoms with Gasteiger partial charge in [-0.2, -0.15) is 0 Å². The Morgan fingerprint density at radius 2 is 2.67 bits per heavy atom. The van der Waals surface area contributed by atoms with Crippen LogP contribution in [0, 0.1) is 11.3 Å². The second-order valence-electron chi connectivity index (χ2n) is 3.50. The Kier molecular flexibility index (Phi) is 1.94. The van der Waals surface area contributed by atoms with Crippen LogP contribution in [0.4, 0.5) is 0 Å². The average molecular weight is 188 g/mol. The number of hydrogen-bond donors (Lipinski definition) is 2. The molecule has 0 aromatic heterocycles. The smallest absolute Gasteiger partial charge is 0.271 e. The van der Waals surface area contributed by atoms with Crippen molar-refractivity contribution in [2.24, 2.45) is 17.2 Å². The molecule has 1 heterocycles. The quantitative estimate of drug-likeness (QED) is 0.357. The summed E-state index contributed by atoms with van der Waals surface area (Å²) in [5.74, 6) is 5.76. The van der Waals surface area contributed by atoms with E-state index in [4.69, 9.17) is 27.5 Å². The molecular formula is C7H12N2O2S. The van der Waals surface area contributed by atoms with Crippen LogP contribution in [0.5, 0.6) is 0 Å². The Bertz CT molecular complexity index is 212. The minimum atomic E-state index is 0.265. The molecule has 1 saturated carbocycles. The maximum absolute atomic E-state index is 5.30. The van der Waals surface area contributed by atoms with Crippen LogP contribution in [-0.2, 0) is 9.47 Å². The van der Waals surface area contributed by atoms with E-state index >= 15 is 0 Å². The molecule has 1 saturated heterocycles. The topological polar surface area (TPSA) is 56.5 Å². The van der Waals surface area contributed by atoms with Gasteiger partial charge in [-0.25, -0.2) is 5.84 Å². The number of fused-ring (bicyclic) bond motifs is 1. The van der Waals surface area contributed by atoms with Gasteiger partial charge < -0.3 is 9.47 Å². The van der Waals surface area contributed by atoms with Gasteiger partial charge in [-0.15, -0.1) is 0 Å². The number of hydrazine groups is 1. The number of nitrogens with one attached hydrogen (secondary N) is 1. The molecule has 0 radical (unpaired) electrons. The van der Waals surface area contributed by atoms with E-state index in [1.54, 1.807) is 0 Å². The van der Waals surface area contributed by atoms with Crippen molar-refractivity contribution in [3.05, 3.63) is 0 Å². The highest BCUT2D eigenvalue weighted by atomic mass is 32.1. The zero-order chi connectivity index (χ0) is 8.60. The lowest BCUT2D eigenvalue weighted by Crippen LogP contribution is -2.32. The molecule has 2 unspecified atom stereocenters. The number of ether oxygens (including phenoxy) is 2. The Morgan fingerprint density at radius 1 is 1.83 bits per heavy atom. The summed E-state index contributed by atoms with van der Waals surface area (Å²) in [7, 11) is 0. The lowest BCUT2D eigenvalue weighted by molar-refractivity contribution is 0.120. The van der Waals surface area contributed by atoms with Crippen molar-refractivity contribution in [3.8, 4) is 0 Å². The predicted molar refractivity (Wildman–Crippen MR) is 47.2 cm³/mol. The molecule has 1 aliphatic carbocycles. The number of hydrogen-bond acceptors (Lipinski definition) is 4. The molecule has 4 nitrogen and oxygen atoms in total. The molecule has 3 N–H and O–H groups in total. The normalized spacial score (nSPS) is 37.2. The summed E-state index contributed by atoms with van der Waals surface area (Å²) in [6, 6.07) is 0. The molecule has 1 aliphatic heterocycles. The minimum absolute atomic E-state index is 0.265. The first kappa shape index (κ1) is 8.22. The minimum Gasteiger partial charge on any atom is -0.469 e. The van der Waals surface area contributed by atoms with E-state index in [1.165, 1.54) is 6.42 Å². The largest absolute Gasteiger partial charge is 0.469 e. The fraction of sp³-hybridized carbons (Fsp3) is 0.857. The molecule has 0 aromatic rings. The number of rotatable bonds is 2. The third-order valence-electron chi connectivity index (χ3n) is 2.68. The lowest BCUT2D eigenvalue weighted by atomic mass is 10.1. The van der Waals surface area contributed by atoms with Crippen LogP contribution in [0.25, 0.3) is 0 Å². The molecule has 68 valence electrons. The highest BCUT2D eigenvalue weighted by Crippen LogP contribution is 2.56. The molecular weight excluding hydrogens is 176 g/mol. The molecule has 5 heteroatoms. The third kappa shape index (κ3) is 1.28. The van der Waals surface area contributed by atoms with Crippen LogP contribution in [0.2, 0.25) is 0 Å². The van der Waals surface area contributed by atoms with Crippen LogP contribution in [0.1, 0.15) is 6.42 Å². The van der Waals surface area contributed by atoms with Gasteiger partial charge in [-0.05, 0) is 24.6 Å². The summed E-state index contributed by atoms with van der Waals surface area (Å²) in [6.45, 7) is 2.33.